The van der Waals surface area contributed by atoms with E-state index in [1.165, 1.54) is 32.0 Å². The van der Waals surface area contributed by atoms with Crippen LogP contribution in [0.2, 0.25) is 5.02 Å². The molecule has 212 valence electrons. The average molecular weight is 579 g/mol. The number of amides is 1. The first-order chi connectivity index (χ1) is 19.6. The molecular formula is C30H27ClN2O8. The number of carbonyl (C=O) groups excluding carboxylic acids is 3. The molecule has 0 radical (unpaired) electrons. The topological polar surface area (TPSA) is 122 Å². The van der Waals surface area contributed by atoms with Gasteiger partial charge in [-0.1, -0.05) is 18.5 Å². The zero-order valence-electron chi connectivity index (χ0n) is 23.0. The minimum atomic E-state index is -1.96. The first-order valence-corrected chi connectivity index (χ1v) is 13.4. The Morgan fingerprint density at radius 3 is 2.39 bits per heavy atom. The first-order valence-electron chi connectivity index (χ1n) is 13.0. The van der Waals surface area contributed by atoms with Crippen LogP contribution in [-0.2, 0) is 16.6 Å². The van der Waals surface area contributed by atoms with Crippen molar-refractivity contribution in [3.05, 3.63) is 68.1 Å². The Balaban J connectivity index is 1.53. The number of rotatable bonds is 4. The molecule has 1 amide bonds. The quantitative estimate of drug-likeness (QED) is 0.465. The van der Waals surface area contributed by atoms with Crippen LogP contribution >= 0.6 is 11.6 Å². The second kappa shape index (κ2) is 9.37. The highest BCUT2D eigenvalue weighted by Crippen LogP contribution is 2.55. The van der Waals surface area contributed by atoms with Gasteiger partial charge in [-0.25, -0.2) is 0 Å². The van der Waals surface area contributed by atoms with Crippen molar-refractivity contribution >= 4 is 40.0 Å². The van der Waals surface area contributed by atoms with E-state index in [1.807, 2.05) is 6.07 Å². The molecule has 1 aromatic heterocycles. The third kappa shape index (κ3) is 3.63. The fraction of sp³-hybridized carbons (Fsp3) is 0.333. The summed E-state index contributed by atoms with van der Waals surface area (Å²) in [4.78, 5) is 55.3. The number of halogens is 1. The number of ether oxygens (including phenoxy) is 4. The molecule has 0 bridgehead atoms. The summed E-state index contributed by atoms with van der Waals surface area (Å²) in [7, 11) is 5.98. The maximum Gasteiger partial charge on any atom is 0.254 e. The summed E-state index contributed by atoms with van der Waals surface area (Å²) in [5.74, 6) is -2.13. The zero-order valence-corrected chi connectivity index (χ0v) is 23.8. The molecule has 1 N–H and O–H groups in total. The Kier molecular flexibility index (Phi) is 6.15. The Morgan fingerprint density at radius 1 is 0.976 bits per heavy atom. The van der Waals surface area contributed by atoms with Crippen molar-refractivity contribution < 1.29 is 33.3 Å². The fourth-order valence-electron chi connectivity index (χ4n) is 6.30. The number of hydrogen-bond donors (Lipinski definition) is 1. The molecule has 6 rings (SSSR count). The lowest BCUT2D eigenvalue weighted by atomic mass is 9.66. The molecule has 3 atom stereocenters. The lowest BCUT2D eigenvalue weighted by Crippen LogP contribution is -2.59. The van der Waals surface area contributed by atoms with E-state index >= 15 is 0 Å². The molecule has 0 fully saturated rings. The van der Waals surface area contributed by atoms with E-state index < -0.39 is 29.0 Å². The van der Waals surface area contributed by atoms with Crippen LogP contribution in [0.3, 0.4) is 0 Å². The van der Waals surface area contributed by atoms with Crippen LogP contribution < -0.4 is 29.8 Å². The third-order valence-electron chi connectivity index (χ3n) is 8.40. The summed E-state index contributed by atoms with van der Waals surface area (Å²) in [5.41, 5.74) is -0.812. The minimum absolute atomic E-state index is 0.00378. The maximum atomic E-state index is 14.6. The summed E-state index contributed by atoms with van der Waals surface area (Å²) in [6, 6.07) is 8.49. The molecule has 11 heteroatoms. The molecule has 1 aliphatic carbocycles. The Bertz CT molecular complexity index is 1790. The number of aromatic nitrogens is 1. The predicted molar refractivity (Wildman–Crippen MR) is 149 cm³/mol. The van der Waals surface area contributed by atoms with Crippen molar-refractivity contribution in [2.24, 2.45) is 13.0 Å². The highest BCUT2D eigenvalue weighted by Gasteiger charge is 2.63. The molecule has 41 heavy (non-hydrogen) atoms. The normalized spacial score (nSPS) is 23.3. The second-order valence-electron chi connectivity index (χ2n) is 10.5. The van der Waals surface area contributed by atoms with E-state index in [-0.39, 0.29) is 63.3 Å². The number of benzene rings is 2. The number of fused-ring (bicyclic) bond motifs is 2. The van der Waals surface area contributed by atoms with Gasteiger partial charge >= 0.3 is 0 Å². The number of pyridine rings is 1. The SMILES string of the molecule is COc1ccc2cc(C3CC(=O)NC4=C3C(=O)[C@@]3(Oc5c(Cl)c(OC)cc(OC)c5C3=O)[C@H](C)C4)c(=O)n(C)c2c1. The molecule has 3 heterocycles. The summed E-state index contributed by atoms with van der Waals surface area (Å²) >= 11 is 6.55. The summed E-state index contributed by atoms with van der Waals surface area (Å²) in [5, 5.41) is 3.59. The molecule has 3 aromatic rings. The Labute approximate surface area is 239 Å². The van der Waals surface area contributed by atoms with Crippen molar-refractivity contribution in [1.29, 1.82) is 0 Å². The maximum absolute atomic E-state index is 14.6. The number of nitrogens with zero attached hydrogens (tertiary/aromatic N) is 1. The van der Waals surface area contributed by atoms with Crippen molar-refractivity contribution in [2.45, 2.75) is 31.3 Å². The van der Waals surface area contributed by atoms with E-state index in [0.29, 0.717) is 17.0 Å². The van der Waals surface area contributed by atoms with E-state index in [9.17, 15) is 19.2 Å². The molecule has 10 nitrogen and oxygen atoms in total. The van der Waals surface area contributed by atoms with Crippen LogP contribution in [0.1, 0.15) is 41.6 Å². The van der Waals surface area contributed by atoms with Gasteiger partial charge in [-0.05, 0) is 30.0 Å². The molecule has 0 saturated carbocycles. The number of Topliss-reactive ketones (excluding diaryl/α,β-unsaturated/α-hetero) is 2. The number of methoxy groups -OCH3 is 3. The standard InChI is InChI=1S/C30H27ClN2O8/c1-13-8-18-23(27(35)30(13)28(36)24-20(39-4)12-21(40-5)25(31)26(24)41-30)16(11-22(34)32-18)17-9-14-6-7-15(38-3)10-19(14)33(2)29(17)37/h6-7,9-10,12-13,16H,8,11H2,1-5H3,(H,32,34)/t13-,16?,30+/m1/s1. The van der Waals surface area contributed by atoms with Crippen molar-refractivity contribution in [3.63, 3.8) is 0 Å². The second-order valence-corrected chi connectivity index (χ2v) is 10.9. The molecule has 1 unspecified atom stereocenters. The van der Waals surface area contributed by atoms with Crippen LogP contribution in [0.25, 0.3) is 10.9 Å². The Hall–Kier alpha value is -4.31. The van der Waals surface area contributed by atoms with Gasteiger partial charge in [0.2, 0.25) is 23.1 Å². The number of ketones is 2. The number of carbonyl (C=O) groups is 3. The molecule has 2 aromatic carbocycles. The van der Waals surface area contributed by atoms with Gasteiger partial charge in [-0.15, -0.1) is 0 Å². The fourth-order valence-corrected chi connectivity index (χ4v) is 6.57. The Morgan fingerprint density at radius 2 is 1.71 bits per heavy atom. The van der Waals surface area contributed by atoms with E-state index in [1.54, 1.807) is 32.2 Å². The molecule has 2 aliphatic heterocycles. The van der Waals surface area contributed by atoms with Gasteiger partial charge in [0.25, 0.3) is 5.56 Å². The number of hydrogen-bond acceptors (Lipinski definition) is 8. The molecule has 1 spiro atoms. The van der Waals surface area contributed by atoms with Gasteiger partial charge in [0, 0.05) is 54.3 Å². The van der Waals surface area contributed by atoms with Gasteiger partial charge in [-0.2, -0.15) is 0 Å². The molecule has 0 saturated heterocycles. The van der Waals surface area contributed by atoms with Crippen molar-refractivity contribution in [2.75, 3.05) is 21.3 Å². The van der Waals surface area contributed by atoms with Crippen LogP contribution in [0.4, 0.5) is 0 Å². The highest BCUT2D eigenvalue weighted by atomic mass is 35.5. The summed E-state index contributed by atoms with van der Waals surface area (Å²) in [6.07, 6.45) is 0.0101. The first kappa shape index (κ1) is 26.9. The van der Waals surface area contributed by atoms with Crippen LogP contribution in [0, 0.1) is 5.92 Å². The average Bonchev–Trinajstić information content (AvgIpc) is 3.28. The summed E-state index contributed by atoms with van der Waals surface area (Å²) < 4.78 is 23.8. The van der Waals surface area contributed by atoms with E-state index in [0.717, 1.165) is 5.39 Å². The largest absolute Gasteiger partial charge is 0.497 e. The van der Waals surface area contributed by atoms with Gasteiger partial charge in [0.15, 0.2) is 5.75 Å². The van der Waals surface area contributed by atoms with Crippen LogP contribution in [-0.4, -0.2) is 49.0 Å². The third-order valence-corrected chi connectivity index (χ3v) is 8.75. The van der Waals surface area contributed by atoms with Crippen LogP contribution in [0.15, 0.2) is 46.4 Å². The van der Waals surface area contributed by atoms with E-state index in [2.05, 4.69) is 5.32 Å². The smallest absolute Gasteiger partial charge is 0.254 e. The van der Waals surface area contributed by atoms with Crippen molar-refractivity contribution in [3.8, 4) is 23.0 Å². The monoisotopic (exact) mass is 578 g/mol. The minimum Gasteiger partial charge on any atom is -0.497 e. The van der Waals surface area contributed by atoms with Gasteiger partial charge < -0.3 is 28.8 Å². The predicted octanol–water partition coefficient (Wildman–Crippen LogP) is 3.70. The number of aryl methyl sites for hydroxylation is 1. The molecule has 3 aliphatic rings. The lowest BCUT2D eigenvalue weighted by Gasteiger charge is -2.41. The van der Waals surface area contributed by atoms with Crippen molar-refractivity contribution in [1.82, 2.24) is 9.88 Å². The summed E-state index contributed by atoms with van der Waals surface area (Å²) in [6.45, 7) is 1.71. The van der Waals surface area contributed by atoms with Crippen LogP contribution in [0.5, 0.6) is 23.0 Å². The van der Waals surface area contributed by atoms with Gasteiger partial charge in [-0.3, -0.25) is 19.2 Å². The number of allylic oxidation sites excluding steroid dienone is 1. The van der Waals surface area contributed by atoms with Gasteiger partial charge in [0.1, 0.15) is 27.8 Å². The van der Waals surface area contributed by atoms with Gasteiger partial charge in [0.05, 0.1) is 26.8 Å². The number of nitrogens with one attached hydrogen (secondary N) is 1. The zero-order chi connectivity index (χ0) is 29.4. The highest BCUT2D eigenvalue weighted by molar-refractivity contribution is 6.36. The van der Waals surface area contributed by atoms with E-state index in [4.69, 9.17) is 30.5 Å². The molecular weight excluding hydrogens is 552 g/mol. The lowest BCUT2D eigenvalue weighted by molar-refractivity contribution is -0.131.